The maximum atomic E-state index is 6.89. The van der Waals surface area contributed by atoms with Gasteiger partial charge in [-0.2, -0.15) is 0 Å². The van der Waals surface area contributed by atoms with Gasteiger partial charge in [-0.15, -0.1) is 0 Å². The lowest BCUT2D eigenvalue weighted by Crippen LogP contribution is -2.55. The normalized spacial score (nSPS) is 27.6. The molecule has 20 heavy (non-hydrogen) atoms. The Morgan fingerprint density at radius 1 is 1.10 bits per heavy atom. The summed E-state index contributed by atoms with van der Waals surface area (Å²) in [5.74, 6) is 0.620. The molecule has 1 aromatic rings. The van der Waals surface area contributed by atoms with Gasteiger partial charge in [0.1, 0.15) is 0 Å². The van der Waals surface area contributed by atoms with Crippen LogP contribution in [0.2, 0.25) is 0 Å². The molecule has 0 amide bonds. The average molecular weight is 273 g/mol. The molecule has 0 aromatic heterocycles. The topological polar surface area (TPSA) is 26.0 Å². The van der Waals surface area contributed by atoms with Gasteiger partial charge < -0.3 is 5.73 Å². The third-order valence-electron chi connectivity index (χ3n) is 5.09. The van der Waals surface area contributed by atoms with E-state index in [1.165, 1.54) is 36.8 Å². The summed E-state index contributed by atoms with van der Waals surface area (Å²) in [6, 6.07) is 9.07. The van der Waals surface area contributed by atoms with Crippen LogP contribution in [-0.2, 0) is 12.8 Å². The second-order valence-corrected chi connectivity index (χ2v) is 7.74. The molecule has 0 aliphatic heterocycles. The van der Waals surface area contributed by atoms with Gasteiger partial charge in [0, 0.05) is 5.54 Å². The van der Waals surface area contributed by atoms with Crippen LogP contribution < -0.4 is 5.73 Å². The monoisotopic (exact) mass is 273 g/mol. The fraction of sp³-hybridized carbons (Fsp3) is 0.684. The van der Waals surface area contributed by atoms with Crippen LogP contribution >= 0.6 is 0 Å². The second kappa shape index (κ2) is 5.89. The van der Waals surface area contributed by atoms with Crippen molar-refractivity contribution >= 4 is 0 Å². The van der Waals surface area contributed by atoms with Gasteiger partial charge in [-0.25, -0.2) is 0 Å². The third-order valence-corrected chi connectivity index (χ3v) is 5.09. The van der Waals surface area contributed by atoms with Gasteiger partial charge >= 0.3 is 0 Å². The van der Waals surface area contributed by atoms with E-state index in [4.69, 9.17) is 5.73 Å². The predicted molar refractivity (Wildman–Crippen MR) is 87.9 cm³/mol. The molecule has 0 radical (unpaired) electrons. The molecular formula is C19H31N. The molecule has 2 unspecified atom stereocenters. The van der Waals surface area contributed by atoms with E-state index < -0.39 is 0 Å². The maximum Gasteiger partial charge on any atom is 0.0228 e. The van der Waals surface area contributed by atoms with Crippen LogP contribution in [0, 0.1) is 11.3 Å². The molecule has 0 saturated heterocycles. The summed E-state index contributed by atoms with van der Waals surface area (Å²) < 4.78 is 0. The Labute approximate surface area is 125 Å². The van der Waals surface area contributed by atoms with Crippen LogP contribution in [-0.4, -0.2) is 5.54 Å². The van der Waals surface area contributed by atoms with Crippen molar-refractivity contribution in [1.82, 2.24) is 0 Å². The maximum absolute atomic E-state index is 6.89. The van der Waals surface area contributed by atoms with E-state index in [1.807, 2.05) is 0 Å². The molecular weight excluding hydrogens is 242 g/mol. The summed E-state index contributed by atoms with van der Waals surface area (Å²) >= 11 is 0. The van der Waals surface area contributed by atoms with Gasteiger partial charge in [-0.05, 0) is 48.1 Å². The molecule has 0 heterocycles. The highest BCUT2D eigenvalue weighted by molar-refractivity contribution is 5.25. The Bertz CT molecular complexity index is 426. The Morgan fingerprint density at radius 3 is 2.25 bits per heavy atom. The molecule has 1 aliphatic carbocycles. The molecule has 1 aromatic carbocycles. The molecule has 112 valence electrons. The van der Waals surface area contributed by atoms with E-state index in [-0.39, 0.29) is 5.54 Å². The van der Waals surface area contributed by atoms with Crippen molar-refractivity contribution < 1.29 is 0 Å². The molecule has 0 bridgehead atoms. The molecule has 2 N–H and O–H groups in total. The lowest BCUT2D eigenvalue weighted by atomic mass is 9.61. The SMILES string of the molecule is CCc1ccc(CC2(N)CCCCC2C(C)(C)C)cc1. The fourth-order valence-electron chi connectivity index (χ4n) is 4.04. The Hall–Kier alpha value is -0.820. The summed E-state index contributed by atoms with van der Waals surface area (Å²) in [4.78, 5) is 0. The van der Waals surface area contributed by atoms with Gasteiger partial charge in [-0.3, -0.25) is 0 Å². The first kappa shape index (κ1) is 15.6. The van der Waals surface area contributed by atoms with Crippen molar-refractivity contribution in [2.24, 2.45) is 17.1 Å². The standard InChI is InChI=1S/C19H31N/c1-5-15-9-11-16(12-10-15)14-19(20)13-7-6-8-17(19)18(2,3)4/h9-12,17H,5-8,13-14,20H2,1-4H3. The van der Waals surface area contributed by atoms with Crippen LogP contribution in [0.15, 0.2) is 24.3 Å². The molecule has 1 saturated carbocycles. The van der Waals surface area contributed by atoms with E-state index in [0.29, 0.717) is 11.3 Å². The van der Waals surface area contributed by atoms with Crippen molar-refractivity contribution in [3.05, 3.63) is 35.4 Å². The number of benzene rings is 1. The Balaban J connectivity index is 2.18. The zero-order valence-electron chi connectivity index (χ0n) is 13.7. The van der Waals surface area contributed by atoms with E-state index in [2.05, 4.69) is 52.0 Å². The highest BCUT2D eigenvalue weighted by atomic mass is 14.8. The molecule has 0 spiro atoms. The summed E-state index contributed by atoms with van der Waals surface area (Å²) in [6.07, 6.45) is 7.22. The number of nitrogens with two attached hydrogens (primary N) is 1. The van der Waals surface area contributed by atoms with Crippen LogP contribution in [0.5, 0.6) is 0 Å². The minimum absolute atomic E-state index is 0.0236. The Kier molecular flexibility index (Phi) is 4.59. The number of hydrogen-bond acceptors (Lipinski definition) is 1. The first-order chi connectivity index (χ1) is 9.35. The van der Waals surface area contributed by atoms with E-state index in [9.17, 15) is 0 Å². The van der Waals surface area contributed by atoms with Crippen molar-refractivity contribution in [3.63, 3.8) is 0 Å². The Morgan fingerprint density at radius 2 is 1.70 bits per heavy atom. The molecule has 1 fully saturated rings. The highest BCUT2D eigenvalue weighted by Gasteiger charge is 2.43. The fourth-order valence-corrected chi connectivity index (χ4v) is 4.04. The lowest BCUT2D eigenvalue weighted by Gasteiger charge is -2.48. The summed E-state index contributed by atoms with van der Waals surface area (Å²) in [6.45, 7) is 9.26. The first-order valence-electron chi connectivity index (χ1n) is 8.22. The summed E-state index contributed by atoms with van der Waals surface area (Å²) in [7, 11) is 0. The smallest absolute Gasteiger partial charge is 0.0228 e. The molecule has 1 aliphatic rings. The zero-order chi connectivity index (χ0) is 14.8. The van der Waals surface area contributed by atoms with Gasteiger partial charge in [0.25, 0.3) is 0 Å². The van der Waals surface area contributed by atoms with Gasteiger partial charge in [0.15, 0.2) is 0 Å². The summed E-state index contributed by atoms with van der Waals surface area (Å²) in [5, 5.41) is 0. The molecule has 1 heteroatoms. The van der Waals surface area contributed by atoms with E-state index in [1.54, 1.807) is 0 Å². The lowest BCUT2D eigenvalue weighted by molar-refractivity contribution is 0.0793. The number of rotatable bonds is 3. The zero-order valence-corrected chi connectivity index (χ0v) is 13.7. The van der Waals surface area contributed by atoms with Crippen molar-refractivity contribution in [2.75, 3.05) is 0 Å². The number of hydrogen-bond donors (Lipinski definition) is 1. The largest absolute Gasteiger partial charge is 0.325 e. The molecule has 1 nitrogen and oxygen atoms in total. The van der Waals surface area contributed by atoms with E-state index in [0.717, 1.165) is 12.8 Å². The van der Waals surface area contributed by atoms with Crippen LogP contribution in [0.3, 0.4) is 0 Å². The quantitative estimate of drug-likeness (QED) is 0.847. The minimum Gasteiger partial charge on any atom is -0.325 e. The predicted octanol–water partition coefficient (Wildman–Crippen LogP) is 4.73. The molecule has 2 atom stereocenters. The highest BCUT2D eigenvalue weighted by Crippen LogP contribution is 2.44. The van der Waals surface area contributed by atoms with Crippen LogP contribution in [0.1, 0.15) is 64.5 Å². The van der Waals surface area contributed by atoms with Gasteiger partial charge in [0.05, 0.1) is 0 Å². The van der Waals surface area contributed by atoms with Crippen molar-refractivity contribution in [3.8, 4) is 0 Å². The van der Waals surface area contributed by atoms with Crippen LogP contribution in [0.25, 0.3) is 0 Å². The second-order valence-electron chi connectivity index (χ2n) is 7.74. The summed E-state index contributed by atoms with van der Waals surface area (Å²) in [5.41, 5.74) is 9.99. The van der Waals surface area contributed by atoms with Crippen LogP contribution in [0.4, 0.5) is 0 Å². The van der Waals surface area contributed by atoms with Crippen molar-refractivity contribution in [1.29, 1.82) is 0 Å². The molecule has 2 rings (SSSR count). The van der Waals surface area contributed by atoms with Crippen molar-refractivity contribution in [2.45, 2.75) is 71.8 Å². The third kappa shape index (κ3) is 3.44. The first-order valence-corrected chi connectivity index (χ1v) is 8.22. The minimum atomic E-state index is -0.0236. The van der Waals surface area contributed by atoms with Gasteiger partial charge in [-0.1, -0.05) is 64.8 Å². The van der Waals surface area contributed by atoms with E-state index >= 15 is 0 Å². The average Bonchev–Trinajstić information content (AvgIpc) is 2.38. The van der Waals surface area contributed by atoms with Gasteiger partial charge in [0.2, 0.25) is 0 Å². The number of aryl methyl sites for hydroxylation is 1.